The third-order valence-corrected chi connectivity index (χ3v) is 6.45. The molecule has 0 aliphatic carbocycles. The molecule has 1 unspecified atom stereocenters. The van der Waals surface area contributed by atoms with Gasteiger partial charge in [-0.15, -0.1) is 0 Å². The predicted molar refractivity (Wildman–Crippen MR) is 141 cm³/mol. The van der Waals surface area contributed by atoms with Crippen LogP contribution in [0.25, 0.3) is 0 Å². The van der Waals surface area contributed by atoms with Gasteiger partial charge in [0.1, 0.15) is 24.9 Å². The standard InChI is InChI=1S/C31H32N2O4/c1-2-27-30(35-21-24-14-8-4-9-15-24)31(36-22-25-16-10-5-11-17-25)29(37-27)26-18-33-28(19-32-26)34-20-23-12-6-3-7-13-23/h3-19,27,29-31H,2,20-22H2,1H3/t27-,29+,30?,31-/m1/s1. The van der Waals surface area contributed by atoms with Crippen molar-refractivity contribution in [3.63, 3.8) is 0 Å². The van der Waals surface area contributed by atoms with Gasteiger partial charge in [-0.1, -0.05) is 97.9 Å². The van der Waals surface area contributed by atoms with Crippen LogP contribution in [0.15, 0.2) is 103 Å². The first-order valence-electron chi connectivity index (χ1n) is 12.8. The first-order valence-corrected chi connectivity index (χ1v) is 12.8. The molecule has 1 aliphatic rings. The highest BCUT2D eigenvalue weighted by Gasteiger charge is 2.47. The van der Waals surface area contributed by atoms with Gasteiger partial charge in [0.25, 0.3) is 0 Å². The van der Waals surface area contributed by atoms with E-state index >= 15 is 0 Å². The van der Waals surface area contributed by atoms with Crippen molar-refractivity contribution in [1.82, 2.24) is 9.97 Å². The molecule has 190 valence electrons. The molecule has 1 aliphatic heterocycles. The molecule has 1 aromatic heterocycles. The molecule has 4 atom stereocenters. The van der Waals surface area contributed by atoms with Crippen molar-refractivity contribution in [2.45, 2.75) is 57.6 Å². The molecule has 6 heteroatoms. The second-order valence-electron chi connectivity index (χ2n) is 9.08. The molecule has 0 saturated carbocycles. The minimum absolute atomic E-state index is 0.120. The lowest BCUT2D eigenvalue weighted by molar-refractivity contribution is -0.0797. The highest BCUT2D eigenvalue weighted by Crippen LogP contribution is 2.38. The van der Waals surface area contributed by atoms with Crippen molar-refractivity contribution < 1.29 is 18.9 Å². The molecule has 4 aromatic rings. The third kappa shape index (κ3) is 6.60. The molecule has 6 nitrogen and oxygen atoms in total. The summed E-state index contributed by atoms with van der Waals surface area (Å²) in [5, 5.41) is 0. The van der Waals surface area contributed by atoms with Crippen LogP contribution in [0.1, 0.15) is 41.8 Å². The van der Waals surface area contributed by atoms with Crippen LogP contribution in [0.3, 0.4) is 0 Å². The van der Waals surface area contributed by atoms with Crippen LogP contribution < -0.4 is 4.74 Å². The van der Waals surface area contributed by atoms with E-state index in [4.69, 9.17) is 18.9 Å². The van der Waals surface area contributed by atoms with Gasteiger partial charge in [-0.3, -0.25) is 4.98 Å². The van der Waals surface area contributed by atoms with Gasteiger partial charge >= 0.3 is 0 Å². The molecule has 0 N–H and O–H groups in total. The van der Waals surface area contributed by atoms with E-state index < -0.39 is 6.10 Å². The van der Waals surface area contributed by atoms with Crippen LogP contribution in [0.5, 0.6) is 5.88 Å². The van der Waals surface area contributed by atoms with Crippen LogP contribution in [-0.2, 0) is 34.0 Å². The molecule has 1 fully saturated rings. The van der Waals surface area contributed by atoms with E-state index in [-0.39, 0.29) is 18.3 Å². The Hall–Kier alpha value is -3.58. The molecule has 37 heavy (non-hydrogen) atoms. The van der Waals surface area contributed by atoms with Crippen molar-refractivity contribution in [2.75, 3.05) is 0 Å². The molecular weight excluding hydrogens is 464 g/mol. The second-order valence-corrected chi connectivity index (χ2v) is 9.08. The molecular formula is C31H32N2O4. The summed E-state index contributed by atoms with van der Waals surface area (Å²) in [5.74, 6) is 0.469. The van der Waals surface area contributed by atoms with Crippen LogP contribution in [0.2, 0.25) is 0 Å². The maximum Gasteiger partial charge on any atom is 0.232 e. The summed E-state index contributed by atoms with van der Waals surface area (Å²) in [6.07, 6.45) is 3.07. The van der Waals surface area contributed by atoms with Gasteiger partial charge in [0.2, 0.25) is 5.88 Å². The maximum absolute atomic E-state index is 6.48. The lowest BCUT2D eigenvalue weighted by atomic mass is 10.0. The van der Waals surface area contributed by atoms with Gasteiger partial charge in [0, 0.05) is 0 Å². The SMILES string of the molecule is CC[C@H]1O[C@@H](c2cnc(OCc3ccccc3)cn2)[C@@H](OCc2ccccc2)C1OCc1ccccc1. The number of nitrogens with zero attached hydrogens (tertiary/aromatic N) is 2. The average Bonchev–Trinajstić information content (AvgIpc) is 3.33. The minimum Gasteiger partial charge on any atom is -0.472 e. The summed E-state index contributed by atoms with van der Waals surface area (Å²) in [6, 6.07) is 30.3. The van der Waals surface area contributed by atoms with Gasteiger partial charge in [0.05, 0.1) is 37.4 Å². The zero-order chi connectivity index (χ0) is 25.3. The number of hydrogen-bond acceptors (Lipinski definition) is 6. The molecule has 0 amide bonds. The van der Waals surface area contributed by atoms with Crippen LogP contribution >= 0.6 is 0 Å². The summed E-state index contributed by atoms with van der Waals surface area (Å²) in [4.78, 5) is 9.15. The van der Waals surface area contributed by atoms with Crippen molar-refractivity contribution in [3.8, 4) is 5.88 Å². The fourth-order valence-electron chi connectivity index (χ4n) is 4.49. The van der Waals surface area contributed by atoms with E-state index in [9.17, 15) is 0 Å². The Morgan fingerprint density at radius 2 is 1.19 bits per heavy atom. The quantitative estimate of drug-likeness (QED) is 0.251. The Balaban J connectivity index is 1.32. The largest absolute Gasteiger partial charge is 0.472 e. The Morgan fingerprint density at radius 1 is 0.649 bits per heavy atom. The van der Waals surface area contributed by atoms with E-state index in [0.717, 1.165) is 23.1 Å². The number of hydrogen-bond donors (Lipinski definition) is 0. The van der Waals surface area contributed by atoms with Gasteiger partial charge < -0.3 is 18.9 Å². The molecule has 1 saturated heterocycles. The minimum atomic E-state index is -0.398. The third-order valence-electron chi connectivity index (χ3n) is 6.45. The van der Waals surface area contributed by atoms with Crippen LogP contribution in [0.4, 0.5) is 0 Å². The Labute approximate surface area is 218 Å². The van der Waals surface area contributed by atoms with Gasteiger partial charge in [-0.05, 0) is 23.1 Å². The Morgan fingerprint density at radius 3 is 1.70 bits per heavy atom. The monoisotopic (exact) mass is 496 g/mol. The maximum atomic E-state index is 6.48. The highest BCUT2D eigenvalue weighted by molar-refractivity contribution is 5.18. The first-order chi connectivity index (χ1) is 18.3. The zero-order valence-corrected chi connectivity index (χ0v) is 21.0. The molecule has 5 rings (SSSR count). The fourth-order valence-corrected chi connectivity index (χ4v) is 4.49. The number of benzene rings is 3. The number of rotatable bonds is 11. The normalized spacial score (nSPS) is 21.1. The summed E-state index contributed by atoms with van der Waals surface area (Å²) >= 11 is 0. The lowest BCUT2D eigenvalue weighted by Gasteiger charge is -2.25. The molecule has 2 heterocycles. The second kappa shape index (κ2) is 12.6. The van der Waals surface area contributed by atoms with Gasteiger partial charge in [-0.25, -0.2) is 4.98 Å². The summed E-state index contributed by atoms with van der Waals surface area (Å²) < 4.78 is 25.2. The smallest absolute Gasteiger partial charge is 0.232 e. The van der Waals surface area contributed by atoms with Crippen molar-refractivity contribution in [2.24, 2.45) is 0 Å². The van der Waals surface area contributed by atoms with Crippen LogP contribution in [0, 0.1) is 0 Å². The van der Waals surface area contributed by atoms with Crippen molar-refractivity contribution >= 4 is 0 Å². The van der Waals surface area contributed by atoms with E-state index in [0.29, 0.717) is 31.4 Å². The lowest BCUT2D eigenvalue weighted by Crippen LogP contribution is -2.35. The summed E-state index contributed by atoms with van der Waals surface area (Å²) in [7, 11) is 0. The van der Waals surface area contributed by atoms with Gasteiger partial charge in [0.15, 0.2) is 0 Å². The average molecular weight is 497 g/mol. The molecule has 0 radical (unpaired) electrons. The van der Waals surface area contributed by atoms with Crippen LogP contribution in [-0.4, -0.2) is 28.3 Å². The number of aromatic nitrogens is 2. The topological polar surface area (TPSA) is 62.7 Å². The molecule has 0 spiro atoms. The van der Waals surface area contributed by atoms with Crippen molar-refractivity contribution in [1.29, 1.82) is 0 Å². The van der Waals surface area contributed by atoms with E-state index in [1.807, 2.05) is 66.7 Å². The Bertz CT molecular complexity index is 1210. The molecule has 3 aromatic carbocycles. The van der Waals surface area contributed by atoms with Crippen molar-refractivity contribution in [3.05, 3.63) is 126 Å². The Kier molecular flexibility index (Phi) is 8.54. The summed E-state index contributed by atoms with van der Waals surface area (Å²) in [6.45, 7) is 3.48. The first kappa shape index (κ1) is 25.1. The number of ether oxygens (including phenoxy) is 4. The summed E-state index contributed by atoms with van der Waals surface area (Å²) in [5.41, 5.74) is 3.99. The van der Waals surface area contributed by atoms with Gasteiger partial charge in [-0.2, -0.15) is 0 Å². The molecule has 0 bridgehead atoms. The predicted octanol–water partition coefficient (Wildman–Crippen LogP) is 6.08. The van der Waals surface area contributed by atoms with E-state index in [2.05, 4.69) is 41.2 Å². The fraction of sp³-hybridized carbons (Fsp3) is 0.290. The van der Waals surface area contributed by atoms with E-state index in [1.54, 1.807) is 12.4 Å². The van der Waals surface area contributed by atoms with E-state index in [1.165, 1.54) is 0 Å². The highest BCUT2D eigenvalue weighted by atomic mass is 16.6. The zero-order valence-electron chi connectivity index (χ0n) is 21.0.